The number of likely N-dealkylation sites (tertiary alicyclic amines) is 1. The van der Waals surface area contributed by atoms with Gasteiger partial charge in [-0.2, -0.15) is 0 Å². The molecule has 4 atom stereocenters. The van der Waals surface area contributed by atoms with Crippen molar-refractivity contribution in [1.82, 2.24) is 10.2 Å². The second kappa shape index (κ2) is 16.2. The largest absolute Gasteiger partial charge is 0.481 e. The summed E-state index contributed by atoms with van der Waals surface area (Å²) in [6, 6.07) is 23.3. The number of hydrogen-bond acceptors (Lipinski definition) is 9. The van der Waals surface area contributed by atoms with Gasteiger partial charge in [-0.1, -0.05) is 54.6 Å². The maximum absolute atomic E-state index is 13.4. The van der Waals surface area contributed by atoms with Crippen molar-refractivity contribution in [2.45, 2.75) is 50.5 Å². The van der Waals surface area contributed by atoms with Crippen LogP contribution in [0.4, 0.5) is 0 Å². The maximum atomic E-state index is 13.4. The van der Waals surface area contributed by atoms with Crippen molar-refractivity contribution < 1.29 is 43.3 Å². The molecular weight excluding hydrogens is 580 g/mol. The van der Waals surface area contributed by atoms with E-state index in [0.717, 1.165) is 0 Å². The third-order valence-electron chi connectivity index (χ3n) is 7.37. The molecule has 1 aliphatic heterocycles. The van der Waals surface area contributed by atoms with Crippen LogP contribution in [0, 0.1) is 0 Å². The van der Waals surface area contributed by atoms with E-state index in [0.29, 0.717) is 24.9 Å². The van der Waals surface area contributed by atoms with Gasteiger partial charge in [-0.15, -0.1) is 0 Å². The average Bonchev–Trinajstić information content (AvgIpc) is 3.04. The third kappa shape index (κ3) is 9.48. The summed E-state index contributed by atoms with van der Waals surface area (Å²) in [7, 11) is 0. The molecule has 45 heavy (non-hydrogen) atoms. The maximum Gasteiger partial charge on any atom is 0.338 e. The van der Waals surface area contributed by atoms with Crippen LogP contribution in [0.5, 0.6) is 0 Å². The van der Waals surface area contributed by atoms with Gasteiger partial charge in [-0.05, 0) is 55.8 Å². The molecule has 1 amide bonds. The molecule has 0 bridgehead atoms. The number of carboxylic acids is 1. The molecule has 3 aromatic rings. The summed E-state index contributed by atoms with van der Waals surface area (Å²) in [5.74, 6) is -3.31. The highest BCUT2D eigenvalue weighted by Crippen LogP contribution is 2.28. The molecule has 1 heterocycles. The Morgan fingerprint density at radius 1 is 0.733 bits per heavy atom. The van der Waals surface area contributed by atoms with Crippen molar-refractivity contribution in [2.75, 3.05) is 19.7 Å². The van der Waals surface area contributed by atoms with Crippen molar-refractivity contribution in [3.05, 3.63) is 108 Å². The van der Waals surface area contributed by atoms with Gasteiger partial charge in [0.2, 0.25) is 5.91 Å². The first-order chi connectivity index (χ1) is 21.7. The number of carbonyl (C=O) groups is 5. The minimum Gasteiger partial charge on any atom is -0.481 e. The fourth-order valence-corrected chi connectivity index (χ4v) is 5.23. The molecule has 0 saturated carbocycles. The van der Waals surface area contributed by atoms with E-state index < -0.39 is 54.1 Å². The quantitative estimate of drug-likeness (QED) is 0.165. The number of rotatable bonds is 13. The molecule has 1 saturated heterocycles. The molecule has 0 radical (unpaired) electrons. The van der Waals surface area contributed by atoms with Crippen LogP contribution in [0.2, 0.25) is 0 Å². The minimum atomic E-state index is -1.20. The summed E-state index contributed by atoms with van der Waals surface area (Å²) in [5.41, 5.74) is 0.831. The number of carbonyl (C=O) groups excluding carboxylic acids is 4. The lowest BCUT2D eigenvalue weighted by Crippen LogP contribution is -2.68. The Balaban J connectivity index is 1.70. The molecule has 0 aromatic heterocycles. The fourth-order valence-electron chi connectivity index (χ4n) is 5.23. The Morgan fingerprint density at radius 3 is 1.71 bits per heavy atom. The Hall–Kier alpha value is -5.03. The van der Waals surface area contributed by atoms with Crippen LogP contribution < -0.4 is 5.32 Å². The van der Waals surface area contributed by atoms with Crippen molar-refractivity contribution in [3.63, 3.8) is 0 Å². The lowest BCUT2D eigenvalue weighted by Gasteiger charge is -2.47. The van der Waals surface area contributed by atoms with Gasteiger partial charge in [-0.3, -0.25) is 14.5 Å². The van der Waals surface area contributed by atoms with Gasteiger partial charge in [-0.25, -0.2) is 14.4 Å². The first kappa shape index (κ1) is 32.9. The van der Waals surface area contributed by atoms with Crippen molar-refractivity contribution in [1.29, 1.82) is 0 Å². The van der Waals surface area contributed by atoms with Gasteiger partial charge in [0.1, 0.15) is 6.61 Å². The highest BCUT2D eigenvalue weighted by molar-refractivity contribution is 5.91. The lowest BCUT2D eigenvalue weighted by molar-refractivity contribution is -0.137. The number of unbranched alkanes of at least 4 members (excludes halogenated alkanes) is 1. The van der Waals surface area contributed by atoms with E-state index in [1.54, 1.807) is 91.0 Å². The molecule has 1 aliphatic rings. The highest BCUT2D eigenvalue weighted by atomic mass is 16.6. The van der Waals surface area contributed by atoms with Gasteiger partial charge in [0.15, 0.2) is 12.2 Å². The smallest absolute Gasteiger partial charge is 0.338 e. The predicted molar refractivity (Wildman–Crippen MR) is 162 cm³/mol. The zero-order valence-corrected chi connectivity index (χ0v) is 24.9. The van der Waals surface area contributed by atoms with E-state index in [1.807, 2.05) is 4.90 Å². The number of amides is 1. The molecule has 236 valence electrons. The van der Waals surface area contributed by atoms with Crippen LogP contribution in [-0.4, -0.2) is 83.8 Å². The number of esters is 3. The second-order valence-corrected chi connectivity index (χ2v) is 10.7. The van der Waals surface area contributed by atoms with Gasteiger partial charge in [0.25, 0.3) is 0 Å². The van der Waals surface area contributed by atoms with Gasteiger partial charge in [0, 0.05) is 19.9 Å². The fraction of sp³-hybridized carbons (Fsp3) is 0.324. The zero-order valence-electron chi connectivity index (χ0n) is 24.9. The molecule has 1 fully saturated rings. The Morgan fingerprint density at radius 2 is 1.22 bits per heavy atom. The molecule has 11 heteroatoms. The second-order valence-electron chi connectivity index (χ2n) is 10.7. The third-order valence-corrected chi connectivity index (χ3v) is 7.37. The van der Waals surface area contributed by atoms with Gasteiger partial charge >= 0.3 is 23.9 Å². The normalized spacial score (nSPS) is 19.6. The predicted octanol–water partition coefficient (Wildman–Crippen LogP) is 3.74. The Kier molecular flexibility index (Phi) is 11.8. The van der Waals surface area contributed by atoms with Crippen molar-refractivity contribution >= 4 is 29.8 Å². The van der Waals surface area contributed by atoms with E-state index in [9.17, 15) is 24.0 Å². The zero-order chi connectivity index (χ0) is 32.2. The van der Waals surface area contributed by atoms with Crippen LogP contribution in [0.3, 0.4) is 0 Å². The molecule has 4 rings (SSSR count). The van der Waals surface area contributed by atoms with Gasteiger partial charge in [0.05, 0.1) is 28.8 Å². The average molecular weight is 617 g/mol. The van der Waals surface area contributed by atoms with Crippen LogP contribution in [0.1, 0.15) is 57.3 Å². The van der Waals surface area contributed by atoms with E-state index in [1.165, 1.54) is 6.92 Å². The number of nitrogens with zero attached hydrogens (tertiary/aromatic N) is 1. The number of aliphatic carboxylic acids is 1. The minimum absolute atomic E-state index is 0.0413. The molecule has 0 spiro atoms. The standard InChI is InChI=1S/C34H36N2O9/c1-23(37)35-27-21-36(20-12-11-19-29(38)39)28(22-43-32(40)24-13-5-2-6-14-24)31(45-34(42)26-17-9-4-10-18-26)30(27)44-33(41)25-15-7-3-8-16-25/h2-10,13-18,27-28,30-31H,11-12,19-22H2,1H3,(H,35,37)(H,38,39)/t27-,28+,30+,31-/m0/s1. The van der Waals surface area contributed by atoms with Crippen LogP contribution in [-0.2, 0) is 23.8 Å². The lowest BCUT2D eigenvalue weighted by atomic mass is 9.91. The summed E-state index contributed by atoms with van der Waals surface area (Å²) >= 11 is 0. The summed E-state index contributed by atoms with van der Waals surface area (Å²) in [6.45, 7) is 1.56. The summed E-state index contributed by atoms with van der Waals surface area (Å²) in [5, 5.41) is 12.0. The van der Waals surface area contributed by atoms with Crippen molar-refractivity contribution in [3.8, 4) is 0 Å². The summed E-state index contributed by atoms with van der Waals surface area (Å²) < 4.78 is 17.8. The topological polar surface area (TPSA) is 149 Å². The number of nitrogens with one attached hydrogen (secondary N) is 1. The number of carboxylic acid groups (broad SMARTS) is 1. The van der Waals surface area contributed by atoms with E-state index in [2.05, 4.69) is 5.32 Å². The molecule has 0 aliphatic carbocycles. The van der Waals surface area contributed by atoms with Crippen LogP contribution >= 0.6 is 0 Å². The highest BCUT2D eigenvalue weighted by Gasteiger charge is 2.49. The van der Waals surface area contributed by atoms with E-state index in [-0.39, 0.29) is 30.7 Å². The van der Waals surface area contributed by atoms with Crippen LogP contribution in [0.25, 0.3) is 0 Å². The number of ether oxygens (including phenoxy) is 3. The first-order valence-corrected chi connectivity index (χ1v) is 14.7. The first-order valence-electron chi connectivity index (χ1n) is 14.7. The number of benzene rings is 3. The van der Waals surface area contributed by atoms with E-state index in [4.69, 9.17) is 19.3 Å². The molecule has 0 unspecified atom stereocenters. The monoisotopic (exact) mass is 616 g/mol. The molecular formula is C34H36N2O9. The van der Waals surface area contributed by atoms with Gasteiger partial charge < -0.3 is 24.6 Å². The van der Waals surface area contributed by atoms with Crippen LogP contribution in [0.15, 0.2) is 91.0 Å². The Labute approximate surface area is 261 Å². The summed E-state index contributed by atoms with van der Waals surface area (Å²) in [6.07, 6.45) is -1.58. The Bertz CT molecular complexity index is 1450. The van der Waals surface area contributed by atoms with E-state index >= 15 is 0 Å². The molecule has 3 aromatic carbocycles. The molecule has 2 N–H and O–H groups in total. The molecule has 11 nitrogen and oxygen atoms in total. The number of piperidine rings is 1. The SMILES string of the molecule is CC(=O)N[C@H]1CN(CCCCC(=O)O)[C@H](COC(=O)c2ccccc2)[C@H](OC(=O)c2ccccc2)[C@@H]1OC(=O)c1ccccc1. The summed E-state index contributed by atoms with van der Waals surface area (Å²) in [4.78, 5) is 65.1. The van der Waals surface area contributed by atoms with Crippen molar-refractivity contribution in [2.24, 2.45) is 0 Å². The number of hydrogen-bond donors (Lipinski definition) is 2.